The molecule has 0 saturated heterocycles. The van der Waals surface area contributed by atoms with Crippen LogP contribution in [0.4, 0.5) is 5.69 Å². The van der Waals surface area contributed by atoms with Crippen LogP contribution in [-0.4, -0.2) is 45.1 Å². The molecule has 0 atom stereocenters. The molecule has 0 spiro atoms. The highest BCUT2D eigenvalue weighted by atomic mass is 16.2. The molecule has 160 valence electrons. The van der Waals surface area contributed by atoms with Crippen molar-refractivity contribution in [1.82, 2.24) is 19.7 Å². The van der Waals surface area contributed by atoms with E-state index in [1.54, 1.807) is 36.4 Å². The monoisotopic (exact) mass is 425 g/mol. The van der Waals surface area contributed by atoms with E-state index in [4.69, 9.17) is 0 Å². The fraction of sp³-hybridized carbons (Fsp3) is 0.120. The number of hydrogen-bond donors (Lipinski definition) is 1. The lowest BCUT2D eigenvalue weighted by Gasteiger charge is -2.17. The van der Waals surface area contributed by atoms with Gasteiger partial charge in [-0.05, 0) is 43.3 Å². The van der Waals surface area contributed by atoms with Crippen molar-refractivity contribution < 1.29 is 9.59 Å². The van der Waals surface area contributed by atoms with Crippen LogP contribution in [-0.2, 0) is 4.79 Å². The maximum absolute atomic E-state index is 13.3. The first kappa shape index (κ1) is 21.0. The Morgan fingerprint density at radius 1 is 1.00 bits per heavy atom. The van der Waals surface area contributed by atoms with E-state index in [0.29, 0.717) is 16.9 Å². The number of nitrogens with zero attached hydrogens (tertiary/aromatic N) is 4. The highest BCUT2D eigenvalue weighted by Crippen LogP contribution is 2.24. The fourth-order valence-electron chi connectivity index (χ4n) is 3.29. The second-order valence-electron chi connectivity index (χ2n) is 7.49. The van der Waals surface area contributed by atoms with E-state index in [1.807, 2.05) is 67.6 Å². The van der Waals surface area contributed by atoms with Gasteiger partial charge in [-0.2, -0.15) is 5.10 Å². The van der Waals surface area contributed by atoms with Crippen molar-refractivity contribution in [3.8, 4) is 16.9 Å². The molecule has 2 amide bonds. The molecular formula is C25H23N5O2. The lowest BCUT2D eigenvalue weighted by Crippen LogP contribution is -2.35. The molecule has 4 aromatic rings. The van der Waals surface area contributed by atoms with Crippen molar-refractivity contribution in [2.24, 2.45) is 0 Å². The zero-order valence-electron chi connectivity index (χ0n) is 17.9. The Labute approximate surface area is 186 Å². The topological polar surface area (TPSA) is 80.1 Å². The van der Waals surface area contributed by atoms with Crippen LogP contribution in [0.5, 0.6) is 0 Å². The van der Waals surface area contributed by atoms with Crippen LogP contribution in [0.2, 0.25) is 0 Å². The molecule has 0 aliphatic heterocycles. The van der Waals surface area contributed by atoms with Gasteiger partial charge in [0, 0.05) is 36.9 Å². The van der Waals surface area contributed by atoms with E-state index in [2.05, 4.69) is 15.4 Å². The molecule has 0 bridgehead atoms. The highest BCUT2D eigenvalue weighted by molar-refractivity contribution is 6.02. The normalized spacial score (nSPS) is 10.6. The summed E-state index contributed by atoms with van der Waals surface area (Å²) in [5.74, 6) is -0.576. The van der Waals surface area contributed by atoms with Crippen molar-refractivity contribution >= 4 is 17.5 Å². The molecule has 4 rings (SSSR count). The lowest BCUT2D eigenvalue weighted by atomic mass is 10.1. The van der Waals surface area contributed by atoms with Gasteiger partial charge in [0.1, 0.15) is 5.69 Å². The SMILES string of the molecule is Cc1ccc(NC(=O)CN(C)C(=O)c2cn(-c3ccccc3)nc2-c2cccnc2)cc1. The number of aromatic nitrogens is 3. The third-order valence-electron chi connectivity index (χ3n) is 4.96. The van der Waals surface area contributed by atoms with Gasteiger partial charge in [-0.25, -0.2) is 4.68 Å². The molecule has 2 heterocycles. The van der Waals surface area contributed by atoms with Crippen molar-refractivity contribution in [3.05, 3.63) is 96.4 Å². The first-order valence-electron chi connectivity index (χ1n) is 10.2. The molecule has 32 heavy (non-hydrogen) atoms. The number of rotatable bonds is 6. The van der Waals surface area contributed by atoms with Gasteiger partial charge in [0.15, 0.2) is 0 Å². The molecule has 7 heteroatoms. The number of carbonyl (C=O) groups is 2. The summed E-state index contributed by atoms with van der Waals surface area (Å²) in [6.07, 6.45) is 5.02. The zero-order chi connectivity index (χ0) is 22.5. The van der Waals surface area contributed by atoms with Crippen LogP contribution in [0, 0.1) is 6.92 Å². The summed E-state index contributed by atoms with van der Waals surface area (Å²) >= 11 is 0. The minimum absolute atomic E-state index is 0.0876. The van der Waals surface area contributed by atoms with Gasteiger partial charge in [-0.3, -0.25) is 14.6 Å². The standard InChI is InChI=1S/C25H23N5O2/c1-18-10-12-20(13-11-18)27-23(31)17-29(2)25(32)22-16-30(21-8-4-3-5-9-21)28-24(22)19-7-6-14-26-15-19/h3-16H,17H2,1-2H3,(H,27,31). The molecule has 0 unspecified atom stereocenters. The summed E-state index contributed by atoms with van der Waals surface area (Å²) in [7, 11) is 1.60. The van der Waals surface area contributed by atoms with Crippen LogP contribution in [0.3, 0.4) is 0 Å². The van der Waals surface area contributed by atoms with E-state index in [9.17, 15) is 9.59 Å². The minimum atomic E-state index is -0.301. The molecule has 0 aliphatic carbocycles. The van der Waals surface area contributed by atoms with Crippen LogP contribution in [0.25, 0.3) is 16.9 Å². The molecule has 2 aromatic heterocycles. The number of benzene rings is 2. The number of likely N-dealkylation sites (N-methyl/N-ethyl adjacent to an activating group) is 1. The average Bonchev–Trinajstić information content (AvgIpc) is 3.26. The third kappa shape index (κ3) is 4.73. The van der Waals surface area contributed by atoms with Crippen molar-refractivity contribution in [1.29, 1.82) is 0 Å². The summed E-state index contributed by atoms with van der Waals surface area (Å²) in [6, 6.07) is 20.7. The molecular weight excluding hydrogens is 402 g/mol. The summed E-state index contributed by atoms with van der Waals surface area (Å²) in [4.78, 5) is 31.3. The third-order valence-corrected chi connectivity index (χ3v) is 4.96. The maximum atomic E-state index is 13.3. The van der Waals surface area contributed by atoms with Crippen molar-refractivity contribution in [2.75, 3.05) is 18.9 Å². The van der Waals surface area contributed by atoms with Crippen molar-refractivity contribution in [3.63, 3.8) is 0 Å². The van der Waals surface area contributed by atoms with E-state index in [1.165, 1.54) is 4.90 Å². The van der Waals surface area contributed by atoms with E-state index in [0.717, 1.165) is 16.8 Å². The van der Waals surface area contributed by atoms with Gasteiger partial charge in [-0.15, -0.1) is 0 Å². The number of amides is 2. The smallest absolute Gasteiger partial charge is 0.257 e. The maximum Gasteiger partial charge on any atom is 0.257 e. The molecule has 1 N–H and O–H groups in total. The van der Waals surface area contributed by atoms with Crippen LogP contribution in [0.15, 0.2) is 85.3 Å². The first-order chi connectivity index (χ1) is 15.5. The second kappa shape index (κ2) is 9.26. The zero-order valence-corrected chi connectivity index (χ0v) is 17.9. The van der Waals surface area contributed by atoms with Gasteiger partial charge in [0.2, 0.25) is 5.91 Å². The Hall–Kier alpha value is -4.26. The van der Waals surface area contributed by atoms with Crippen LogP contribution >= 0.6 is 0 Å². The summed E-state index contributed by atoms with van der Waals surface area (Å²) in [5.41, 5.74) is 4.26. The number of aryl methyl sites for hydroxylation is 1. The van der Waals surface area contributed by atoms with Crippen molar-refractivity contribution in [2.45, 2.75) is 6.92 Å². The number of para-hydroxylation sites is 1. The van der Waals surface area contributed by atoms with E-state index >= 15 is 0 Å². The number of pyridine rings is 1. The Bertz CT molecular complexity index is 1220. The van der Waals surface area contributed by atoms with Gasteiger partial charge >= 0.3 is 0 Å². The predicted molar refractivity (Wildman–Crippen MR) is 124 cm³/mol. The largest absolute Gasteiger partial charge is 0.332 e. The van der Waals surface area contributed by atoms with Gasteiger partial charge in [0.05, 0.1) is 17.8 Å². The fourth-order valence-corrected chi connectivity index (χ4v) is 3.29. The van der Waals surface area contributed by atoms with Gasteiger partial charge in [-0.1, -0.05) is 35.9 Å². The summed E-state index contributed by atoms with van der Waals surface area (Å²) < 4.78 is 1.66. The number of hydrogen-bond acceptors (Lipinski definition) is 4. The number of carbonyl (C=O) groups excluding carboxylic acids is 2. The Morgan fingerprint density at radius 2 is 1.75 bits per heavy atom. The molecule has 0 saturated carbocycles. The van der Waals surface area contributed by atoms with E-state index < -0.39 is 0 Å². The quantitative estimate of drug-likeness (QED) is 0.507. The number of anilines is 1. The van der Waals surface area contributed by atoms with Gasteiger partial charge in [0.25, 0.3) is 5.91 Å². The molecule has 0 aliphatic rings. The highest BCUT2D eigenvalue weighted by Gasteiger charge is 2.23. The summed E-state index contributed by atoms with van der Waals surface area (Å²) in [6.45, 7) is 1.89. The molecule has 2 aromatic carbocycles. The Morgan fingerprint density at radius 3 is 2.44 bits per heavy atom. The first-order valence-corrected chi connectivity index (χ1v) is 10.2. The van der Waals surface area contributed by atoms with E-state index in [-0.39, 0.29) is 18.4 Å². The van der Waals surface area contributed by atoms with Gasteiger partial charge < -0.3 is 10.2 Å². The molecule has 0 fully saturated rings. The average molecular weight is 425 g/mol. The minimum Gasteiger partial charge on any atom is -0.332 e. The molecule has 0 radical (unpaired) electrons. The second-order valence-corrected chi connectivity index (χ2v) is 7.49. The predicted octanol–water partition coefficient (Wildman–Crippen LogP) is 3.95. The van der Waals surface area contributed by atoms with Crippen LogP contribution in [0.1, 0.15) is 15.9 Å². The Balaban J connectivity index is 1.58. The summed E-state index contributed by atoms with van der Waals surface area (Å²) in [5, 5.41) is 7.46. The Kier molecular flexibility index (Phi) is 6.07. The number of nitrogens with one attached hydrogen (secondary N) is 1. The van der Waals surface area contributed by atoms with Crippen LogP contribution < -0.4 is 5.32 Å². The molecule has 7 nitrogen and oxygen atoms in total. The lowest BCUT2D eigenvalue weighted by molar-refractivity contribution is -0.116.